The van der Waals surface area contributed by atoms with Gasteiger partial charge in [-0.25, -0.2) is 13.4 Å². The summed E-state index contributed by atoms with van der Waals surface area (Å²) in [5.41, 5.74) is 2.40. The quantitative estimate of drug-likeness (QED) is 0.516. The molecular weight excluding hydrogens is 444 g/mol. The van der Waals surface area contributed by atoms with E-state index in [0.29, 0.717) is 30.2 Å². The average Bonchev–Trinajstić information content (AvgIpc) is 3.42. The number of carbonyl (C=O) groups is 1. The van der Waals surface area contributed by atoms with Gasteiger partial charge in [0.1, 0.15) is 5.82 Å². The number of nitrogens with one attached hydrogen (secondary N) is 1. The molecule has 4 rings (SSSR count). The highest BCUT2D eigenvalue weighted by atomic mass is 32.2. The summed E-state index contributed by atoms with van der Waals surface area (Å²) in [5.74, 6) is 1.80. The second kappa shape index (κ2) is 9.53. The zero-order valence-corrected chi connectivity index (χ0v) is 19.3. The first-order chi connectivity index (χ1) is 15.8. The van der Waals surface area contributed by atoms with Crippen molar-refractivity contribution in [2.24, 2.45) is 0 Å². The van der Waals surface area contributed by atoms with E-state index in [1.54, 1.807) is 24.4 Å². The van der Waals surface area contributed by atoms with Crippen molar-refractivity contribution in [1.29, 1.82) is 0 Å². The van der Waals surface area contributed by atoms with E-state index in [0.717, 1.165) is 23.3 Å². The Kier molecular flexibility index (Phi) is 6.55. The Morgan fingerprint density at radius 2 is 1.97 bits per heavy atom. The van der Waals surface area contributed by atoms with Crippen LogP contribution in [0.1, 0.15) is 24.2 Å². The second-order valence-corrected chi connectivity index (χ2v) is 9.63. The van der Waals surface area contributed by atoms with Gasteiger partial charge in [0.2, 0.25) is 22.7 Å². The molecule has 10 heteroatoms. The molecule has 0 saturated heterocycles. The van der Waals surface area contributed by atoms with Crippen LogP contribution >= 0.6 is 0 Å². The third-order valence-electron chi connectivity index (χ3n) is 5.36. The summed E-state index contributed by atoms with van der Waals surface area (Å²) >= 11 is 0. The lowest BCUT2D eigenvalue weighted by molar-refractivity contribution is -0.121. The number of fused-ring (bicyclic) bond motifs is 1. The minimum atomic E-state index is -3.53. The number of para-hydroxylation sites is 1. The van der Waals surface area contributed by atoms with Crippen molar-refractivity contribution in [3.8, 4) is 17.2 Å². The van der Waals surface area contributed by atoms with Crippen LogP contribution in [0.4, 0.5) is 5.69 Å². The van der Waals surface area contributed by atoms with E-state index in [-0.39, 0.29) is 25.7 Å². The SMILES string of the molecule is Cc1nccn1-c1ccccc1CNC(=O)CCCN(c1ccc2c(c1)OCO2)S(C)(=O)=O. The lowest BCUT2D eigenvalue weighted by atomic mass is 10.1. The van der Waals surface area contributed by atoms with Gasteiger partial charge in [-0.05, 0) is 37.1 Å². The van der Waals surface area contributed by atoms with E-state index in [2.05, 4.69) is 10.3 Å². The standard InChI is InChI=1S/C23H26N4O5S/c1-17-24-11-13-26(17)20-7-4-3-6-18(20)15-25-23(28)8-5-12-27(33(2,29)30)19-9-10-21-22(14-19)32-16-31-21/h3-4,6-7,9-11,13-14H,5,8,12,15-16H2,1-2H3,(H,25,28). The molecule has 33 heavy (non-hydrogen) atoms. The lowest BCUT2D eigenvalue weighted by Gasteiger charge is -2.22. The number of aromatic nitrogens is 2. The van der Waals surface area contributed by atoms with E-state index >= 15 is 0 Å². The molecule has 1 amide bonds. The van der Waals surface area contributed by atoms with E-state index < -0.39 is 10.0 Å². The van der Waals surface area contributed by atoms with Crippen molar-refractivity contribution in [2.75, 3.05) is 23.9 Å². The highest BCUT2D eigenvalue weighted by Gasteiger charge is 2.21. The zero-order chi connectivity index (χ0) is 23.4. The van der Waals surface area contributed by atoms with Crippen molar-refractivity contribution >= 4 is 21.6 Å². The topological polar surface area (TPSA) is 103 Å². The Bertz CT molecular complexity index is 1260. The molecule has 0 saturated carbocycles. The molecule has 2 aromatic carbocycles. The Morgan fingerprint density at radius 1 is 1.18 bits per heavy atom. The largest absolute Gasteiger partial charge is 0.454 e. The molecule has 0 spiro atoms. The fourth-order valence-corrected chi connectivity index (χ4v) is 4.68. The maximum Gasteiger partial charge on any atom is 0.232 e. The molecule has 0 unspecified atom stereocenters. The van der Waals surface area contributed by atoms with Crippen LogP contribution in [-0.2, 0) is 21.4 Å². The molecule has 1 aliphatic heterocycles. The number of sulfonamides is 1. The van der Waals surface area contributed by atoms with E-state index in [4.69, 9.17) is 9.47 Å². The number of amides is 1. The second-order valence-electron chi connectivity index (χ2n) is 7.73. The van der Waals surface area contributed by atoms with Crippen molar-refractivity contribution in [3.05, 3.63) is 66.2 Å². The highest BCUT2D eigenvalue weighted by molar-refractivity contribution is 7.92. The molecule has 174 valence electrons. The first-order valence-corrected chi connectivity index (χ1v) is 12.4. The van der Waals surface area contributed by atoms with Gasteiger partial charge < -0.3 is 19.4 Å². The number of rotatable bonds is 9. The molecule has 0 bridgehead atoms. The number of anilines is 1. The fourth-order valence-electron chi connectivity index (χ4n) is 3.72. The third kappa shape index (κ3) is 5.28. The van der Waals surface area contributed by atoms with Crippen LogP contribution in [0.2, 0.25) is 0 Å². The van der Waals surface area contributed by atoms with Gasteiger partial charge in [0.15, 0.2) is 11.5 Å². The van der Waals surface area contributed by atoms with Crippen molar-refractivity contribution in [2.45, 2.75) is 26.3 Å². The summed E-state index contributed by atoms with van der Waals surface area (Å²) in [6.45, 7) is 2.58. The summed E-state index contributed by atoms with van der Waals surface area (Å²) < 4.78 is 38.6. The number of carbonyl (C=O) groups excluding carboxylic acids is 1. The zero-order valence-electron chi connectivity index (χ0n) is 18.5. The first-order valence-electron chi connectivity index (χ1n) is 10.6. The normalized spacial score (nSPS) is 12.5. The molecular formula is C23H26N4O5S. The van der Waals surface area contributed by atoms with Crippen LogP contribution in [0.3, 0.4) is 0 Å². The van der Waals surface area contributed by atoms with E-state index in [1.807, 2.05) is 42.0 Å². The van der Waals surface area contributed by atoms with Crippen LogP contribution < -0.4 is 19.1 Å². The van der Waals surface area contributed by atoms with Gasteiger partial charge in [-0.1, -0.05) is 18.2 Å². The van der Waals surface area contributed by atoms with E-state index in [9.17, 15) is 13.2 Å². The smallest absolute Gasteiger partial charge is 0.232 e. The number of nitrogens with zero attached hydrogens (tertiary/aromatic N) is 3. The molecule has 0 radical (unpaired) electrons. The summed E-state index contributed by atoms with van der Waals surface area (Å²) in [6.07, 6.45) is 5.33. The Hall–Kier alpha value is -3.53. The molecule has 0 fully saturated rings. The predicted molar refractivity (Wildman–Crippen MR) is 124 cm³/mol. The summed E-state index contributed by atoms with van der Waals surface area (Å²) in [6, 6.07) is 12.8. The minimum absolute atomic E-state index is 0.112. The van der Waals surface area contributed by atoms with Gasteiger partial charge in [0.05, 0.1) is 17.6 Å². The van der Waals surface area contributed by atoms with Crippen LogP contribution in [0.5, 0.6) is 11.5 Å². The van der Waals surface area contributed by atoms with Gasteiger partial charge in [-0.2, -0.15) is 0 Å². The number of ether oxygens (including phenoxy) is 2. The number of hydrogen-bond donors (Lipinski definition) is 1. The molecule has 3 aromatic rings. The first kappa shape index (κ1) is 22.7. The molecule has 1 aromatic heterocycles. The molecule has 0 aliphatic carbocycles. The van der Waals surface area contributed by atoms with Gasteiger partial charge in [-0.3, -0.25) is 9.10 Å². The van der Waals surface area contributed by atoms with Crippen LogP contribution in [-0.4, -0.2) is 43.5 Å². The minimum Gasteiger partial charge on any atom is -0.454 e. The van der Waals surface area contributed by atoms with Gasteiger partial charge in [0.25, 0.3) is 0 Å². The molecule has 1 aliphatic rings. The Morgan fingerprint density at radius 3 is 2.73 bits per heavy atom. The van der Waals surface area contributed by atoms with Crippen molar-refractivity contribution < 1.29 is 22.7 Å². The summed E-state index contributed by atoms with van der Waals surface area (Å²) in [5, 5.41) is 2.93. The lowest BCUT2D eigenvalue weighted by Crippen LogP contribution is -2.32. The molecule has 9 nitrogen and oxygen atoms in total. The van der Waals surface area contributed by atoms with Gasteiger partial charge in [0, 0.05) is 38.0 Å². The Balaban J connectivity index is 1.35. The molecule has 2 heterocycles. The summed E-state index contributed by atoms with van der Waals surface area (Å²) in [4.78, 5) is 16.7. The predicted octanol–water partition coefficient (Wildman–Crippen LogP) is 2.77. The van der Waals surface area contributed by atoms with Gasteiger partial charge in [-0.15, -0.1) is 0 Å². The van der Waals surface area contributed by atoms with E-state index in [1.165, 1.54) is 4.31 Å². The highest BCUT2D eigenvalue weighted by Crippen LogP contribution is 2.36. The third-order valence-corrected chi connectivity index (χ3v) is 6.56. The van der Waals surface area contributed by atoms with Crippen molar-refractivity contribution in [3.63, 3.8) is 0 Å². The average molecular weight is 471 g/mol. The van der Waals surface area contributed by atoms with Crippen LogP contribution in [0, 0.1) is 6.92 Å². The maximum atomic E-state index is 12.5. The molecule has 0 atom stereocenters. The number of aryl methyl sites for hydroxylation is 1. The number of hydrogen-bond acceptors (Lipinski definition) is 6. The Labute approximate surface area is 193 Å². The fraction of sp³-hybridized carbons (Fsp3) is 0.304. The number of benzene rings is 2. The molecule has 1 N–H and O–H groups in total. The summed E-state index contributed by atoms with van der Waals surface area (Å²) in [7, 11) is -3.53. The maximum absolute atomic E-state index is 12.5. The monoisotopic (exact) mass is 470 g/mol. The van der Waals surface area contributed by atoms with Crippen LogP contribution in [0.15, 0.2) is 54.9 Å². The van der Waals surface area contributed by atoms with Crippen molar-refractivity contribution in [1.82, 2.24) is 14.9 Å². The van der Waals surface area contributed by atoms with Gasteiger partial charge >= 0.3 is 0 Å². The van der Waals surface area contributed by atoms with Crippen LogP contribution in [0.25, 0.3) is 5.69 Å². The number of imidazole rings is 1.